The monoisotopic (exact) mass is 301 g/mol. The van der Waals surface area contributed by atoms with E-state index in [1.165, 1.54) is 32.1 Å². The molecule has 0 aromatic rings. The number of nitrogens with one attached hydrogen (secondary N) is 1. The molecule has 1 aliphatic rings. The molecule has 3 nitrogen and oxygen atoms in total. The van der Waals surface area contributed by atoms with Gasteiger partial charge in [0.2, 0.25) is 0 Å². The SMILES string of the molecule is CCCO[Si](NC1CCCCC1)(OCCC)C(C)CC. The second-order valence-electron chi connectivity index (χ2n) is 6.15. The molecule has 0 radical (unpaired) electrons. The van der Waals surface area contributed by atoms with Crippen LogP contribution in [0.2, 0.25) is 5.54 Å². The van der Waals surface area contributed by atoms with Gasteiger partial charge >= 0.3 is 8.72 Å². The Labute approximate surface area is 127 Å². The van der Waals surface area contributed by atoms with E-state index in [9.17, 15) is 0 Å². The van der Waals surface area contributed by atoms with Gasteiger partial charge in [0.15, 0.2) is 0 Å². The minimum atomic E-state index is -2.28. The van der Waals surface area contributed by atoms with Crippen LogP contribution in [0.25, 0.3) is 0 Å². The van der Waals surface area contributed by atoms with Crippen LogP contribution in [0, 0.1) is 0 Å². The Balaban J connectivity index is 2.75. The van der Waals surface area contributed by atoms with Gasteiger partial charge < -0.3 is 8.85 Å². The smallest absolute Gasteiger partial charge is 0.383 e. The minimum absolute atomic E-state index is 0.502. The van der Waals surface area contributed by atoms with Gasteiger partial charge in [0.1, 0.15) is 0 Å². The van der Waals surface area contributed by atoms with Crippen molar-refractivity contribution in [3.63, 3.8) is 0 Å². The molecule has 0 bridgehead atoms. The summed E-state index contributed by atoms with van der Waals surface area (Å²) in [5, 5.41) is 0. The molecule has 1 aliphatic carbocycles. The quantitative estimate of drug-likeness (QED) is 0.603. The molecular weight excluding hydrogens is 266 g/mol. The van der Waals surface area contributed by atoms with Crippen molar-refractivity contribution in [1.29, 1.82) is 0 Å². The van der Waals surface area contributed by atoms with Gasteiger partial charge in [-0.1, -0.05) is 53.4 Å². The van der Waals surface area contributed by atoms with E-state index in [2.05, 4.69) is 32.7 Å². The lowest BCUT2D eigenvalue weighted by molar-refractivity contribution is 0.139. The zero-order valence-corrected chi connectivity index (χ0v) is 15.0. The molecule has 1 saturated carbocycles. The Morgan fingerprint density at radius 3 is 2.00 bits per heavy atom. The summed E-state index contributed by atoms with van der Waals surface area (Å²) < 4.78 is 12.7. The average molecular weight is 302 g/mol. The fourth-order valence-electron chi connectivity index (χ4n) is 2.86. The molecule has 1 N–H and O–H groups in total. The molecule has 120 valence electrons. The van der Waals surface area contributed by atoms with Gasteiger partial charge in [0.25, 0.3) is 0 Å². The maximum atomic E-state index is 6.34. The summed E-state index contributed by atoms with van der Waals surface area (Å²) in [7, 11) is -2.28. The number of hydrogen-bond donors (Lipinski definition) is 1. The van der Waals surface area contributed by atoms with Crippen LogP contribution in [0.3, 0.4) is 0 Å². The van der Waals surface area contributed by atoms with Gasteiger partial charge in [-0.25, -0.2) is 0 Å². The first-order valence-corrected chi connectivity index (χ1v) is 10.6. The van der Waals surface area contributed by atoms with E-state index < -0.39 is 8.72 Å². The van der Waals surface area contributed by atoms with Crippen molar-refractivity contribution in [3.8, 4) is 0 Å². The van der Waals surface area contributed by atoms with Crippen LogP contribution >= 0.6 is 0 Å². The Kier molecular flexibility index (Phi) is 9.01. The molecule has 0 spiro atoms. The Morgan fingerprint density at radius 1 is 1.00 bits per heavy atom. The molecule has 4 heteroatoms. The summed E-state index contributed by atoms with van der Waals surface area (Å²) in [6, 6.07) is 0.609. The molecule has 1 unspecified atom stereocenters. The standard InChI is InChI=1S/C16H35NO2Si/c1-5-13-18-20(15(4)7-3,19-14-6-2)17-16-11-9-8-10-12-16/h15-17H,5-14H2,1-4H3. The van der Waals surface area contributed by atoms with E-state index >= 15 is 0 Å². The van der Waals surface area contributed by atoms with Crippen LogP contribution in [-0.2, 0) is 8.85 Å². The highest BCUT2D eigenvalue weighted by atomic mass is 28.4. The zero-order chi connectivity index (χ0) is 14.8. The van der Waals surface area contributed by atoms with Crippen LogP contribution in [-0.4, -0.2) is 28.0 Å². The fraction of sp³-hybridized carbons (Fsp3) is 1.00. The van der Waals surface area contributed by atoms with Gasteiger partial charge in [-0.15, -0.1) is 0 Å². The molecule has 20 heavy (non-hydrogen) atoms. The van der Waals surface area contributed by atoms with Gasteiger partial charge in [-0.3, -0.25) is 4.98 Å². The van der Waals surface area contributed by atoms with Crippen LogP contribution in [0.1, 0.15) is 79.1 Å². The topological polar surface area (TPSA) is 30.5 Å². The van der Waals surface area contributed by atoms with E-state index in [4.69, 9.17) is 8.85 Å². The van der Waals surface area contributed by atoms with Crippen molar-refractivity contribution < 1.29 is 8.85 Å². The van der Waals surface area contributed by atoms with E-state index in [1.807, 2.05) is 0 Å². The predicted octanol–water partition coefficient (Wildman–Crippen LogP) is 4.50. The van der Waals surface area contributed by atoms with E-state index in [0.717, 1.165) is 32.5 Å². The molecule has 1 rings (SSSR count). The third kappa shape index (κ3) is 5.47. The maximum Gasteiger partial charge on any atom is 0.428 e. The van der Waals surface area contributed by atoms with Gasteiger partial charge in [0.05, 0.1) is 0 Å². The maximum absolute atomic E-state index is 6.34. The van der Waals surface area contributed by atoms with E-state index in [-0.39, 0.29) is 0 Å². The normalized spacial score (nSPS) is 19.2. The van der Waals surface area contributed by atoms with Crippen molar-refractivity contribution >= 4 is 8.72 Å². The van der Waals surface area contributed by atoms with Crippen LogP contribution < -0.4 is 4.98 Å². The number of rotatable bonds is 10. The summed E-state index contributed by atoms with van der Waals surface area (Å²) in [6.07, 6.45) is 9.92. The molecule has 0 aliphatic heterocycles. The summed E-state index contributed by atoms with van der Waals surface area (Å²) in [6.45, 7) is 10.5. The van der Waals surface area contributed by atoms with Crippen molar-refractivity contribution in [3.05, 3.63) is 0 Å². The Morgan fingerprint density at radius 2 is 1.55 bits per heavy atom. The fourth-order valence-corrected chi connectivity index (χ4v) is 6.37. The summed E-state index contributed by atoms with van der Waals surface area (Å²) in [5.41, 5.74) is 0.502. The van der Waals surface area contributed by atoms with Crippen LogP contribution in [0.5, 0.6) is 0 Å². The molecule has 1 atom stereocenters. The van der Waals surface area contributed by atoms with E-state index in [0.29, 0.717) is 11.6 Å². The molecule has 0 saturated heterocycles. The highest BCUT2D eigenvalue weighted by molar-refractivity contribution is 6.66. The zero-order valence-electron chi connectivity index (χ0n) is 14.0. The molecule has 0 aromatic heterocycles. The van der Waals surface area contributed by atoms with Gasteiger partial charge in [0, 0.05) is 24.8 Å². The van der Waals surface area contributed by atoms with Crippen molar-refractivity contribution in [1.82, 2.24) is 4.98 Å². The van der Waals surface area contributed by atoms with Crippen molar-refractivity contribution in [2.24, 2.45) is 0 Å². The largest absolute Gasteiger partial charge is 0.428 e. The molecular formula is C16H35NO2Si. The molecule has 0 heterocycles. The third-order valence-electron chi connectivity index (χ3n) is 4.31. The summed E-state index contributed by atoms with van der Waals surface area (Å²) >= 11 is 0. The van der Waals surface area contributed by atoms with Crippen LogP contribution in [0.4, 0.5) is 0 Å². The first-order valence-electron chi connectivity index (χ1n) is 8.74. The Bertz CT molecular complexity index is 237. The second-order valence-corrected chi connectivity index (χ2v) is 9.34. The lowest BCUT2D eigenvalue weighted by Gasteiger charge is -2.39. The summed E-state index contributed by atoms with van der Waals surface area (Å²) in [4.78, 5) is 3.88. The molecule has 1 fully saturated rings. The number of hydrogen-bond acceptors (Lipinski definition) is 3. The van der Waals surface area contributed by atoms with Gasteiger partial charge in [-0.05, 0) is 25.7 Å². The first kappa shape index (κ1) is 18.1. The van der Waals surface area contributed by atoms with Crippen molar-refractivity contribution in [2.75, 3.05) is 13.2 Å². The minimum Gasteiger partial charge on any atom is -0.383 e. The summed E-state index contributed by atoms with van der Waals surface area (Å²) in [5.74, 6) is 0. The highest BCUT2D eigenvalue weighted by Crippen LogP contribution is 2.28. The lowest BCUT2D eigenvalue weighted by atomic mass is 9.96. The Hall–Kier alpha value is 0.0969. The van der Waals surface area contributed by atoms with E-state index in [1.54, 1.807) is 0 Å². The second kappa shape index (κ2) is 9.93. The third-order valence-corrected chi connectivity index (χ3v) is 8.10. The lowest BCUT2D eigenvalue weighted by Crippen LogP contribution is -2.62. The predicted molar refractivity (Wildman–Crippen MR) is 88.0 cm³/mol. The average Bonchev–Trinajstić information content (AvgIpc) is 2.50. The first-order chi connectivity index (χ1) is 9.68. The molecule has 0 amide bonds. The molecule has 0 aromatic carbocycles. The highest BCUT2D eigenvalue weighted by Gasteiger charge is 2.45. The van der Waals surface area contributed by atoms with Crippen LogP contribution in [0.15, 0.2) is 0 Å². The van der Waals surface area contributed by atoms with Gasteiger partial charge in [-0.2, -0.15) is 0 Å². The van der Waals surface area contributed by atoms with Crippen molar-refractivity contribution in [2.45, 2.75) is 90.6 Å².